The Morgan fingerprint density at radius 1 is 1.10 bits per heavy atom. The molecular formula is C35H46FN6O7PS. The smallest absolute Gasteiger partial charge is 0.469 e. The number of likely N-dealkylation sites (tertiary alicyclic amines) is 1. The fraction of sp³-hybridized carbons (Fsp3) is 0.486. The van der Waals surface area contributed by atoms with E-state index in [1.54, 1.807) is 31.5 Å². The van der Waals surface area contributed by atoms with Gasteiger partial charge >= 0.3 is 7.82 Å². The van der Waals surface area contributed by atoms with Gasteiger partial charge in [0.15, 0.2) is 16.6 Å². The molecule has 0 spiro atoms. The van der Waals surface area contributed by atoms with E-state index in [9.17, 15) is 23.5 Å². The molecule has 5 rings (SSSR count). The zero-order valence-electron chi connectivity index (χ0n) is 29.9. The fourth-order valence-corrected chi connectivity index (χ4v) is 9.24. The lowest BCUT2D eigenvalue weighted by Gasteiger charge is -2.58. The summed E-state index contributed by atoms with van der Waals surface area (Å²) in [4.78, 5) is 48.3. The van der Waals surface area contributed by atoms with Gasteiger partial charge in [-0.2, -0.15) is 0 Å². The second-order valence-electron chi connectivity index (χ2n) is 14.6. The van der Waals surface area contributed by atoms with Crippen molar-refractivity contribution < 1.29 is 37.5 Å². The second-order valence-corrected chi connectivity index (χ2v) is 16.9. The predicted octanol–water partition coefficient (Wildman–Crippen LogP) is 6.94. The highest BCUT2D eigenvalue weighted by atomic mass is 32.1. The number of rotatable bonds is 13. The number of carbonyl (C=O) groups excluding carboxylic acids is 1. The summed E-state index contributed by atoms with van der Waals surface area (Å²) in [5.41, 5.74) is -0.393. The Kier molecular flexibility index (Phi) is 11.4. The summed E-state index contributed by atoms with van der Waals surface area (Å²) in [6, 6.07) is 9.30. The number of aromatic nitrogens is 3. The third-order valence-electron chi connectivity index (χ3n) is 9.15. The van der Waals surface area contributed by atoms with E-state index < -0.39 is 25.3 Å². The van der Waals surface area contributed by atoms with Gasteiger partial charge in [0.05, 0.1) is 37.3 Å². The van der Waals surface area contributed by atoms with Crippen LogP contribution >= 0.6 is 19.2 Å². The topological polar surface area (TPSA) is 168 Å². The number of halogens is 1. The third kappa shape index (κ3) is 8.67. The van der Waals surface area contributed by atoms with E-state index in [4.69, 9.17) is 14.0 Å². The molecule has 0 bridgehead atoms. The normalized spacial score (nSPS) is 16.7. The van der Waals surface area contributed by atoms with E-state index in [1.807, 2.05) is 0 Å². The van der Waals surface area contributed by atoms with Crippen molar-refractivity contribution in [2.75, 3.05) is 37.4 Å². The molecule has 4 aromatic rings. The number of phosphoric ester groups is 1. The molecule has 1 saturated heterocycles. The number of ether oxygens (including phenoxy) is 2. The summed E-state index contributed by atoms with van der Waals surface area (Å²) >= 11 is 1.30. The Labute approximate surface area is 301 Å². The Hall–Kier alpha value is -3.72. The lowest BCUT2D eigenvalue weighted by Crippen LogP contribution is -2.67. The van der Waals surface area contributed by atoms with E-state index in [-0.39, 0.29) is 23.2 Å². The van der Waals surface area contributed by atoms with Crippen molar-refractivity contribution in [1.29, 1.82) is 0 Å². The van der Waals surface area contributed by atoms with Crippen LogP contribution in [0.4, 0.5) is 21.0 Å². The summed E-state index contributed by atoms with van der Waals surface area (Å²) in [6.45, 7) is 14.2. The molecule has 0 saturated carbocycles. The number of benzene rings is 2. The zero-order chi connectivity index (χ0) is 37.2. The zero-order valence-corrected chi connectivity index (χ0v) is 31.6. The highest BCUT2D eigenvalue weighted by molar-refractivity contribution is 7.46. The fourth-order valence-electron chi connectivity index (χ4n) is 7.84. The largest absolute Gasteiger partial charge is 0.493 e. The summed E-state index contributed by atoms with van der Waals surface area (Å²) < 4.78 is 42.9. The van der Waals surface area contributed by atoms with Crippen LogP contribution in [0.1, 0.15) is 59.3 Å². The number of anilines is 3. The minimum Gasteiger partial charge on any atom is -0.493 e. The van der Waals surface area contributed by atoms with E-state index in [0.29, 0.717) is 76.5 Å². The molecule has 3 heterocycles. The van der Waals surface area contributed by atoms with Gasteiger partial charge in [0.25, 0.3) is 0 Å². The summed E-state index contributed by atoms with van der Waals surface area (Å²) in [6.07, 6.45) is 3.61. The molecule has 0 radical (unpaired) electrons. The first kappa shape index (κ1) is 38.5. The van der Waals surface area contributed by atoms with Gasteiger partial charge in [0.2, 0.25) is 5.91 Å². The monoisotopic (exact) mass is 744 g/mol. The van der Waals surface area contributed by atoms with Crippen LogP contribution in [0.3, 0.4) is 0 Å². The van der Waals surface area contributed by atoms with Crippen LogP contribution in [-0.2, 0) is 20.3 Å². The maximum atomic E-state index is 13.5. The van der Waals surface area contributed by atoms with Gasteiger partial charge in [-0.15, -0.1) is 11.3 Å². The van der Waals surface area contributed by atoms with Gasteiger partial charge < -0.3 is 29.9 Å². The number of methoxy groups -OCH3 is 1. The molecule has 1 aliphatic heterocycles. The SMILES string of the molecule is COc1cc2c(Nc3ncc(CC(=O)Nc4cccc(F)c4)s3)ncnc2cc1OCCCN1CCC(OP(=O)(O)O)C1(C(C)(C)C)C(C)(C)C. The molecule has 2 aromatic heterocycles. The van der Waals surface area contributed by atoms with Crippen molar-refractivity contribution in [3.63, 3.8) is 0 Å². The van der Waals surface area contributed by atoms with Crippen LogP contribution in [0.2, 0.25) is 0 Å². The van der Waals surface area contributed by atoms with Crippen molar-refractivity contribution >= 4 is 52.6 Å². The van der Waals surface area contributed by atoms with Crippen molar-refractivity contribution in [3.05, 3.63) is 59.6 Å². The van der Waals surface area contributed by atoms with E-state index in [2.05, 4.69) is 72.0 Å². The number of phosphoric acid groups is 1. The molecule has 1 aliphatic rings. The number of hydrogen-bond acceptors (Lipinski definition) is 11. The number of fused-ring (bicyclic) bond motifs is 1. The molecule has 276 valence electrons. The van der Waals surface area contributed by atoms with Gasteiger partial charge in [0.1, 0.15) is 18.0 Å². The summed E-state index contributed by atoms with van der Waals surface area (Å²) in [5.74, 6) is 0.778. The Bertz CT molecular complexity index is 1890. The maximum absolute atomic E-state index is 13.5. The van der Waals surface area contributed by atoms with Crippen LogP contribution in [0.5, 0.6) is 11.5 Å². The molecule has 0 aliphatic carbocycles. The highest BCUT2D eigenvalue weighted by Gasteiger charge is 2.63. The molecule has 1 amide bonds. The lowest BCUT2D eigenvalue weighted by molar-refractivity contribution is -0.117. The average Bonchev–Trinajstić information content (AvgIpc) is 3.62. The van der Waals surface area contributed by atoms with E-state index in [1.165, 1.54) is 35.9 Å². The van der Waals surface area contributed by atoms with Gasteiger partial charge in [-0.25, -0.2) is 23.9 Å². The van der Waals surface area contributed by atoms with Crippen LogP contribution < -0.4 is 20.1 Å². The quantitative estimate of drug-likeness (QED) is 0.0823. The number of thiazole rings is 1. The molecule has 51 heavy (non-hydrogen) atoms. The van der Waals surface area contributed by atoms with Gasteiger partial charge in [0, 0.05) is 41.3 Å². The minimum atomic E-state index is -4.71. The summed E-state index contributed by atoms with van der Waals surface area (Å²) in [5, 5.41) is 7.11. The first-order chi connectivity index (χ1) is 23.9. The molecule has 2 aromatic carbocycles. The van der Waals surface area contributed by atoms with E-state index >= 15 is 0 Å². The Balaban J connectivity index is 1.25. The second kappa shape index (κ2) is 15.1. The third-order valence-corrected chi connectivity index (χ3v) is 10.6. The maximum Gasteiger partial charge on any atom is 0.469 e. The van der Waals surface area contributed by atoms with Crippen molar-refractivity contribution in [3.8, 4) is 11.5 Å². The molecule has 13 nitrogen and oxygen atoms in total. The Morgan fingerprint density at radius 2 is 1.84 bits per heavy atom. The minimum absolute atomic E-state index is 0.0712. The molecule has 1 fully saturated rings. The lowest BCUT2D eigenvalue weighted by atomic mass is 9.57. The first-order valence-corrected chi connectivity index (χ1v) is 19.0. The van der Waals surface area contributed by atoms with E-state index in [0.717, 1.165) is 0 Å². The molecule has 4 N–H and O–H groups in total. The average molecular weight is 745 g/mol. The number of carbonyl (C=O) groups is 1. The van der Waals surface area contributed by atoms with Crippen LogP contribution in [0.15, 0.2) is 48.9 Å². The number of hydrogen-bond donors (Lipinski definition) is 4. The van der Waals surface area contributed by atoms with Crippen molar-refractivity contribution in [2.24, 2.45) is 10.8 Å². The molecule has 16 heteroatoms. The molecule has 1 atom stereocenters. The van der Waals surface area contributed by atoms with Gasteiger partial charge in [-0.05, 0) is 47.9 Å². The molecule has 1 unspecified atom stereocenters. The summed E-state index contributed by atoms with van der Waals surface area (Å²) in [7, 11) is -3.15. The number of nitrogens with zero attached hydrogens (tertiary/aromatic N) is 4. The first-order valence-electron chi connectivity index (χ1n) is 16.6. The van der Waals surface area contributed by atoms with Gasteiger partial charge in [-0.1, -0.05) is 47.6 Å². The predicted molar refractivity (Wildman–Crippen MR) is 195 cm³/mol. The highest BCUT2D eigenvalue weighted by Crippen LogP contribution is 2.58. The molecular weight excluding hydrogens is 698 g/mol. The van der Waals surface area contributed by atoms with Crippen LogP contribution in [0.25, 0.3) is 10.9 Å². The van der Waals surface area contributed by atoms with Gasteiger partial charge in [-0.3, -0.25) is 14.2 Å². The van der Waals surface area contributed by atoms with Crippen molar-refractivity contribution in [2.45, 2.75) is 72.4 Å². The Morgan fingerprint density at radius 3 is 2.51 bits per heavy atom. The standard InChI is InChI=1S/C35H46FN6O7PS/c1-33(2,3)35(34(4,5)6)29(49-50(44,45)46)12-14-42(35)13-9-15-48-28-19-26-25(18-27(28)47-7)31(39-21-38-26)41-32-37-20-24(51-32)17-30(43)40-23-11-8-10-22(36)16-23/h8,10-11,16,18-21,29H,9,12-15,17H2,1-7H3,(H,40,43)(H2,44,45,46)(H,37,38,39,41). The number of amides is 1. The van der Waals surface area contributed by atoms with Crippen molar-refractivity contribution in [1.82, 2.24) is 19.9 Å². The van der Waals surface area contributed by atoms with Crippen LogP contribution in [0, 0.1) is 16.6 Å². The number of nitrogens with one attached hydrogen (secondary N) is 2. The van der Waals surface area contributed by atoms with Crippen LogP contribution in [-0.4, -0.2) is 74.0 Å².